The van der Waals surface area contributed by atoms with Gasteiger partial charge in [0, 0.05) is 11.1 Å². The maximum atomic E-state index is 5.48. The highest BCUT2D eigenvalue weighted by Gasteiger charge is 2.23. The Morgan fingerprint density at radius 2 is 1.38 bits per heavy atom. The van der Waals surface area contributed by atoms with Crippen molar-refractivity contribution in [2.45, 2.75) is 13.1 Å². The number of hydrogen-bond acceptors (Lipinski definition) is 2. The summed E-state index contributed by atoms with van der Waals surface area (Å²) in [6, 6.07) is 16.8. The summed E-state index contributed by atoms with van der Waals surface area (Å²) >= 11 is 0. The van der Waals surface area contributed by atoms with Crippen molar-refractivity contribution in [3.63, 3.8) is 0 Å². The predicted molar refractivity (Wildman–Crippen MR) is 94.8 cm³/mol. The molecule has 3 rings (SSSR count). The van der Waals surface area contributed by atoms with E-state index in [1.807, 2.05) is 6.07 Å². The van der Waals surface area contributed by atoms with Crippen LogP contribution in [0.25, 0.3) is 0 Å². The quantitative estimate of drug-likeness (QED) is 0.792. The average molecular weight is 328 g/mol. The van der Waals surface area contributed by atoms with Gasteiger partial charge in [-0.2, -0.15) is 0 Å². The van der Waals surface area contributed by atoms with E-state index in [2.05, 4.69) is 42.5 Å². The summed E-state index contributed by atoms with van der Waals surface area (Å²) in [4.78, 5) is 3.32. The fraction of sp³-hybridized carbons (Fsp3) is 0.400. The largest absolute Gasteiger partial charge is 0.497 e. The second-order valence-corrected chi connectivity index (χ2v) is 6.51. The Bertz CT molecular complexity index is 634. The summed E-state index contributed by atoms with van der Waals surface area (Å²) in [6.45, 7) is 7.02. The molecule has 4 nitrogen and oxygen atoms in total. The molecule has 0 aromatic heterocycles. The van der Waals surface area contributed by atoms with Crippen LogP contribution in [0.5, 0.6) is 11.5 Å². The number of hydrogen-bond donors (Lipinski definition) is 2. The van der Waals surface area contributed by atoms with Crippen LogP contribution in [0.4, 0.5) is 0 Å². The molecule has 0 radical (unpaired) electrons. The molecule has 1 fully saturated rings. The van der Waals surface area contributed by atoms with Crippen molar-refractivity contribution in [2.75, 3.05) is 40.4 Å². The van der Waals surface area contributed by atoms with Crippen LogP contribution in [0.2, 0.25) is 0 Å². The van der Waals surface area contributed by atoms with E-state index in [0.717, 1.165) is 24.6 Å². The van der Waals surface area contributed by atoms with Gasteiger partial charge in [0.1, 0.15) is 50.8 Å². The third kappa shape index (κ3) is 4.28. The van der Waals surface area contributed by atoms with Crippen LogP contribution in [-0.4, -0.2) is 40.4 Å². The maximum Gasteiger partial charge on any atom is 0.127 e. The number of quaternary nitrogens is 2. The van der Waals surface area contributed by atoms with Gasteiger partial charge in [-0.1, -0.05) is 12.1 Å². The third-order valence-corrected chi connectivity index (χ3v) is 4.91. The predicted octanol–water partition coefficient (Wildman–Crippen LogP) is 0.187. The van der Waals surface area contributed by atoms with Crippen molar-refractivity contribution in [2.24, 2.45) is 0 Å². The molecule has 0 spiro atoms. The van der Waals surface area contributed by atoms with Crippen LogP contribution in [0.15, 0.2) is 48.5 Å². The van der Waals surface area contributed by atoms with Gasteiger partial charge < -0.3 is 19.3 Å². The van der Waals surface area contributed by atoms with Gasteiger partial charge in [-0.25, -0.2) is 0 Å². The van der Waals surface area contributed by atoms with Crippen LogP contribution in [0.1, 0.15) is 11.1 Å². The van der Waals surface area contributed by atoms with E-state index in [1.165, 1.54) is 37.3 Å². The van der Waals surface area contributed by atoms with Gasteiger partial charge in [0.15, 0.2) is 0 Å². The molecule has 0 bridgehead atoms. The van der Waals surface area contributed by atoms with Gasteiger partial charge in [-0.15, -0.1) is 0 Å². The first-order valence-corrected chi connectivity index (χ1v) is 8.70. The van der Waals surface area contributed by atoms with Gasteiger partial charge in [-0.3, -0.25) is 0 Å². The normalized spacial score (nSPS) is 20.6. The molecule has 1 heterocycles. The van der Waals surface area contributed by atoms with Crippen molar-refractivity contribution in [3.05, 3.63) is 59.7 Å². The van der Waals surface area contributed by atoms with Crippen molar-refractivity contribution in [3.8, 4) is 11.5 Å². The standard InChI is InChI=1S/C20H26N2O2/c1-23-19-9-7-17(8-10-19)15-21-11-13-22(14-12-21)16-18-5-3-4-6-20(18)24-2/h3-10H,11-16H2,1-2H3/p+2. The lowest BCUT2D eigenvalue weighted by molar-refractivity contribution is -1.02. The topological polar surface area (TPSA) is 27.3 Å². The van der Waals surface area contributed by atoms with E-state index in [0.29, 0.717) is 0 Å². The monoisotopic (exact) mass is 328 g/mol. The highest BCUT2D eigenvalue weighted by atomic mass is 16.5. The fourth-order valence-electron chi connectivity index (χ4n) is 3.46. The maximum absolute atomic E-state index is 5.48. The molecule has 2 N–H and O–H groups in total. The summed E-state index contributed by atoms with van der Waals surface area (Å²) in [5, 5.41) is 0. The Labute approximate surface area is 144 Å². The van der Waals surface area contributed by atoms with Crippen LogP contribution in [0, 0.1) is 0 Å². The number of rotatable bonds is 6. The minimum absolute atomic E-state index is 0.930. The molecule has 0 aliphatic carbocycles. The van der Waals surface area contributed by atoms with Gasteiger partial charge in [0.25, 0.3) is 0 Å². The zero-order valence-corrected chi connectivity index (χ0v) is 14.7. The summed E-state index contributed by atoms with van der Waals surface area (Å²) in [5.74, 6) is 1.94. The molecule has 0 amide bonds. The Balaban J connectivity index is 1.50. The van der Waals surface area contributed by atoms with Crippen molar-refractivity contribution >= 4 is 0 Å². The van der Waals surface area contributed by atoms with Gasteiger partial charge in [0.2, 0.25) is 0 Å². The highest BCUT2D eigenvalue weighted by Crippen LogP contribution is 2.15. The first kappa shape index (κ1) is 16.8. The fourth-order valence-corrected chi connectivity index (χ4v) is 3.46. The number of piperazine rings is 1. The summed E-state index contributed by atoms with van der Waals surface area (Å²) in [7, 11) is 3.47. The number of para-hydroxylation sites is 1. The summed E-state index contributed by atoms with van der Waals surface area (Å²) < 4.78 is 10.7. The molecule has 2 aromatic carbocycles. The zero-order chi connectivity index (χ0) is 16.8. The Morgan fingerprint density at radius 3 is 2.00 bits per heavy atom. The molecular formula is C20H28N2O2+2. The van der Waals surface area contributed by atoms with E-state index < -0.39 is 0 Å². The second-order valence-electron chi connectivity index (χ2n) is 6.51. The number of benzene rings is 2. The Kier molecular flexibility index (Phi) is 5.72. The molecule has 1 aliphatic heterocycles. The number of ether oxygens (including phenoxy) is 2. The number of nitrogens with one attached hydrogen (secondary N) is 2. The van der Waals surface area contributed by atoms with Crippen molar-refractivity contribution in [1.29, 1.82) is 0 Å². The minimum Gasteiger partial charge on any atom is -0.497 e. The van der Waals surface area contributed by atoms with E-state index in [1.54, 1.807) is 24.0 Å². The SMILES string of the molecule is COc1ccc(C[NH+]2CC[NH+](Cc3ccccc3OC)CC2)cc1. The lowest BCUT2D eigenvalue weighted by Gasteiger charge is -2.30. The van der Waals surface area contributed by atoms with Crippen molar-refractivity contribution < 1.29 is 19.3 Å². The molecule has 2 aromatic rings. The molecule has 1 saturated heterocycles. The van der Waals surface area contributed by atoms with E-state index in [9.17, 15) is 0 Å². The highest BCUT2D eigenvalue weighted by molar-refractivity contribution is 5.32. The first-order chi connectivity index (χ1) is 11.8. The average Bonchev–Trinajstić information content (AvgIpc) is 2.64. The molecule has 1 aliphatic rings. The molecule has 128 valence electrons. The minimum atomic E-state index is 0.930. The molecule has 24 heavy (non-hydrogen) atoms. The Morgan fingerprint density at radius 1 is 0.750 bits per heavy atom. The second kappa shape index (κ2) is 8.18. The lowest BCUT2D eigenvalue weighted by atomic mass is 10.1. The van der Waals surface area contributed by atoms with Gasteiger partial charge in [-0.05, 0) is 36.4 Å². The summed E-state index contributed by atoms with van der Waals surface area (Å²) in [5.41, 5.74) is 2.70. The third-order valence-electron chi connectivity index (χ3n) is 4.91. The lowest BCUT2D eigenvalue weighted by Crippen LogP contribution is -3.27. The molecule has 0 atom stereocenters. The van der Waals surface area contributed by atoms with E-state index in [4.69, 9.17) is 9.47 Å². The van der Waals surface area contributed by atoms with Crippen LogP contribution >= 0.6 is 0 Å². The first-order valence-electron chi connectivity index (χ1n) is 8.70. The Hall–Kier alpha value is -2.04. The molecule has 4 heteroatoms. The van der Waals surface area contributed by atoms with Crippen molar-refractivity contribution in [1.82, 2.24) is 0 Å². The van der Waals surface area contributed by atoms with Gasteiger partial charge in [0.05, 0.1) is 14.2 Å². The van der Waals surface area contributed by atoms with Crippen LogP contribution in [-0.2, 0) is 13.1 Å². The van der Waals surface area contributed by atoms with E-state index in [-0.39, 0.29) is 0 Å². The summed E-state index contributed by atoms with van der Waals surface area (Å²) in [6.07, 6.45) is 0. The smallest absolute Gasteiger partial charge is 0.127 e. The van der Waals surface area contributed by atoms with Crippen LogP contribution in [0.3, 0.4) is 0 Å². The van der Waals surface area contributed by atoms with Gasteiger partial charge >= 0.3 is 0 Å². The molecule has 0 saturated carbocycles. The van der Waals surface area contributed by atoms with Crippen LogP contribution < -0.4 is 19.3 Å². The number of methoxy groups -OCH3 is 2. The van der Waals surface area contributed by atoms with E-state index >= 15 is 0 Å². The molecule has 0 unspecified atom stereocenters. The molecular weight excluding hydrogens is 300 g/mol. The zero-order valence-electron chi connectivity index (χ0n) is 14.7.